The number of aliphatic hydroxyl groups is 1. The number of amides is 2. The molecule has 15 heteroatoms. The van der Waals surface area contributed by atoms with Crippen molar-refractivity contribution in [1.29, 1.82) is 0 Å². The Kier molecular flexibility index (Phi) is 10.4. The number of benzene rings is 1. The highest BCUT2D eigenvalue weighted by Gasteiger charge is 2.45. The van der Waals surface area contributed by atoms with Crippen LogP contribution in [-0.2, 0) is 38.4 Å². The number of aliphatic hydroxyl groups excluding tert-OH is 1. The monoisotopic (exact) mass is 751 g/mol. The van der Waals surface area contributed by atoms with E-state index in [1.807, 2.05) is 12.1 Å². The maximum absolute atomic E-state index is 13.9. The van der Waals surface area contributed by atoms with Gasteiger partial charge >= 0.3 is 0 Å². The second kappa shape index (κ2) is 14.8. The molecule has 4 heterocycles. The van der Waals surface area contributed by atoms with Gasteiger partial charge in [-0.1, -0.05) is 36.7 Å². The molecule has 2 aliphatic carbocycles. The second-order valence-corrected chi connectivity index (χ2v) is 16.0. The third-order valence-electron chi connectivity index (χ3n) is 11.1. The normalized spacial score (nSPS) is 29.8. The summed E-state index contributed by atoms with van der Waals surface area (Å²) in [5.74, 6) is -0.758. The zero-order valence-electron chi connectivity index (χ0n) is 29.7. The number of carbonyl (C=O) groups excluding carboxylic acids is 2. The average Bonchev–Trinajstić information content (AvgIpc) is 3.44. The van der Waals surface area contributed by atoms with Crippen LogP contribution in [0.1, 0.15) is 64.6 Å². The Bertz CT molecular complexity index is 1980. The van der Waals surface area contributed by atoms with Crippen molar-refractivity contribution in [3.8, 4) is 11.6 Å². The third-order valence-corrected chi connectivity index (χ3v) is 12.7. The molecular weight excluding hydrogens is 708 g/mol. The molecule has 2 bridgehead atoms. The van der Waals surface area contributed by atoms with Gasteiger partial charge in [-0.2, -0.15) is 10.6 Å². The van der Waals surface area contributed by atoms with Crippen LogP contribution in [-0.4, -0.2) is 83.2 Å². The van der Waals surface area contributed by atoms with Crippen molar-refractivity contribution >= 4 is 39.8 Å². The molecule has 13 nitrogen and oxygen atoms in total. The van der Waals surface area contributed by atoms with E-state index in [0.717, 1.165) is 32.1 Å². The molecule has 7 atom stereocenters. The summed E-state index contributed by atoms with van der Waals surface area (Å²) in [7, 11) is 2.34. The highest BCUT2D eigenvalue weighted by Crippen LogP contribution is 2.46. The molecular formula is C37H44ClN6O7S-. The van der Waals surface area contributed by atoms with Crippen LogP contribution < -0.4 is 19.7 Å². The van der Waals surface area contributed by atoms with Gasteiger partial charge < -0.3 is 38.1 Å². The van der Waals surface area contributed by atoms with E-state index in [1.54, 1.807) is 33.2 Å². The Hall–Kier alpha value is -3.98. The summed E-state index contributed by atoms with van der Waals surface area (Å²) in [5.41, 5.74) is 2.19. The first-order valence-electron chi connectivity index (χ1n) is 17.6. The van der Waals surface area contributed by atoms with Crippen LogP contribution in [0.25, 0.3) is 0 Å². The third kappa shape index (κ3) is 6.93. The highest BCUT2D eigenvalue weighted by molar-refractivity contribution is 7.75. The van der Waals surface area contributed by atoms with Gasteiger partial charge in [0, 0.05) is 43.9 Å². The van der Waals surface area contributed by atoms with Crippen molar-refractivity contribution in [2.75, 3.05) is 38.8 Å². The van der Waals surface area contributed by atoms with Crippen LogP contribution >= 0.6 is 11.6 Å². The number of anilines is 1. The molecule has 52 heavy (non-hydrogen) atoms. The van der Waals surface area contributed by atoms with E-state index in [9.17, 15) is 18.9 Å². The molecule has 2 N–H and O–H groups in total. The van der Waals surface area contributed by atoms with Crippen molar-refractivity contribution < 1.29 is 33.1 Å². The molecule has 2 amide bonds. The van der Waals surface area contributed by atoms with E-state index in [2.05, 4.69) is 31.8 Å². The number of hydrogen-bond acceptors (Lipinski definition) is 11. The number of nitrogens with zero attached hydrogens (tertiary/aromatic N) is 5. The van der Waals surface area contributed by atoms with E-state index in [0.29, 0.717) is 36.3 Å². The van der Waals surface area contributed by atoms with Gasteiger partial charge in [-0.25, -0.2) is 4.98 Å². The lowest BCUT2D eigenvalue weighted by molar-refractivity contribution is 0.0123. The Morgan fingerprint density at radius 2 is 2.02 bits per heavy atom. The predicted octanol–water partition coefficient (Wildman–Crippen LogP) is 4.60. The summed E-state index contributed by atoms with van der Waals surface area (Å²) in [6, 6.07) is 9.36. The molecule has 1 fully saturated rings. The van der Waals surface area contributed by atoms with Crippen molar-refractivity contribution in [2.24, 2.45) is 29.2 Å². The van der Waals surface area contributed by atoms with Crippen molar-refractivity contribution in [2.45, 2.75) is 62.0 Å². The van der Waals surface area contributed by atoms with Gasteiger partial charge in [0.25, 0.3) is 11.8 Å². The second-order valence-electron chi connectivity index (χ2n) is 14.4. The summed E-state index contributed by atoms with van der Waals surface area (Å²) in [5, 5.41) is 17.7. The fourth-order valence-electron chi connectivity index (χ4n) is 8.14. The van der Waals surface area contributed by atoms with Gasteiger partial charge in [0.1, 0.15) is 11.3 Å². The Labute approximate surface area is 309 Å². The number of ether oxygens (including phenoxy) is 3. The molecule has 1 aromatic carbocycles. The molecule has 7 rings (SSSR count). The Balaban J connectivity index is 1.29. The van der Waals surface area contributed by atoms with Crippen molar-refractivity contribution in [3.05, 3.63) is 76.1 Å². The number of nitrogens with one attached hydrogen (secondary N) is 1. The molecule has 0 saturated heterocycles. The number of halogens is 1. The number of rotatable bonds is 4. The summed E-state index contributed by atoms with van der Waals surface area (Å²) >= 11 is 6.43. The highest BCUT2D eigenvalue weighted by atomic mass is 35.5. The molecule has 4 aliphatic rings. The van der Waals surface area contributed by atoms with E-state index >= 15 is 0 Å². The SMILES string of the molecule is COc1nn(C)cc1C(=O)NC1[C@@H](C)[C@@H](O)/C=C/[C@H](OC)[C@@H]2CC[C@H]2CN2C[C@@]3(CCCc4cc(Cl)ccc43)COc3ccc(nc32)C(=O)N=[S-]1=O. The molecule has 3 aromatic rings. The number of methoxy groups -OCH3 is 2. The molecule has 1 spiro atoms. The van der Waals surface area contributed by atoms with Crippen LogP contribution in [0.3, 0.4) is 0 Å². The van der Waals surface area contributed by atoms with Gasteiger partial charge in [0.2, 0.25) is 5.88 Å². The van der Waals surface area contributed by atoms with Gasteiger partial charge in [-0.3, -0.25) is 14.3 Å². The summed E-state index contributed by atoms with van der Waals surface area (Å²) < 4.78 is 37.2. The maximum atomic E-state index is 13.9. The Morgan fingerprint density at radius 3 is 2.77 bits per heavy atom. The number of aryl methyl sites for hydroxylation is 2. The van der Waals surface area contributed by atoms with Gasteiger partial charge in [-0.15, -0.1) is 5.10 Å². The van der Waals surface area contributed by atoms with Crippen LogP contribution in [0.15, 0.2) is 53.0 Å². The van der Waals surface area contributed by atoms with Crippen LogP contribution in [0.4, 0.5) is 5.82 Å². The number of aromatic nitrogens is 3. The Morgan fingerprint density at radius 1 is 1.19 bits per heavy atom. The molecule has 278 valence electrons. The minimum absolute atomic E-state index is 0.00778. The maximum Gasteiger partial charge on any atom is 0.272 e. The first kappa shape index (κ1) is 36.4. The summed E-state index contributed by atoms with van der Waals surface area (Å²) in [6.45, 7) is 3.34. The van der Waals surface area contributed by atoms with Crippen molar-refractivity contribution in [3.63, 3.8) is 0 Å². The van der Waals surface area contributed by atoms with Gasteiger partial charge in [-0.05, 0) is 90.6 Å². The average molecular weight is 752 g/mol. The lowest BCUT2D eigenvalue weighted by Crippen LogP contribution is -2.50. The summed E-state index contributed by atoms with van der Waals surface area (Å²) in [4.78, 5) is 34.3. The molecule has 0 radical (unpaired) electrons. The summed E-state index contributed by atoms with van der Waals surface area (Å²) in [6.07, 6.45) is 8.21. The zero-order chi connectivity index (χ0) is 36.7. The van der Waals surface area contributed by atoms with E-state index in [1.165, 1.54) is 35.2 Å². The fraction of sp³-hybridized carbons (Fsp3) is 0.514. The topological polar surface area (TPSA) is 157 Å². The molecule has 2 aliphatic heterocycles. The van der Waals surface area contributed by atoms with E-state index in [4.69, 9.17) is 30.8 Å². The number of hydrogen-bond donors (Lipinski definition) is 2. The first-order chi connectivity index (χ1) is 25.0. The number of fused-ring (bicyclic) bond motifs is 4. The smallest absolute Gasteiger partial charge is 0.272 e. The van der Waals surface area contributed by atoms with Crippen molar-refractivity contribution in [1.82, 2.24) is 20.1 Å². The lowest BCUT2D eigenvalue weighted by atomic mass is 9.68. The predicted molar refractivity (Wildman–Crippen MR) is 195 cm³/mol. The largest absolute Gasteiger partial charge is 0.489 e. The quantitative estimate of drug-likeness (QED) is 0.285. The molecule has 1 saturated carbocycles. The number of carbonyl (C=O) groups is 2. The lowest BCUT2D eigenvalue weighted by Gasteiger charge is -2.45. The van der Waals surface area contributed by atoms with Crippen LogP contribution in [0.5, 0.6) is 11.6 Å². The molecule has 2 aromatic heterocycles. The van der Waals surface area contributed by atoms with Crippen LogP contribution in [0, 0.1) is 17.8 Å². The standard InChI is InChI=1S/C37H44ClN6O7S/c1-21-29(45)12-14-30(49-3)25-9-7-23(25)17-44-19-37(15-5-6-22-16-24(38)8-10-27(22)37)20-51-31-13-11-28(39-32(31)44)34(47)42-52(48)36(21)40-33(46)26-18-43(2)41-35(26)50-4/h8,10-14,16,18,21,23,25,29-30,36,45H,5-7,9,15,17,19-20H2,1-4H3,(H,40,46)/q-1/b14-12+/t21-,23-,25+,29-,30-,36?,37-/m0/s1. The van der Waals surface area contributed by atoms with Gasteiger partial charge in [0.05, 0.1) is 25.9 Å². The minimum Gasteiger partial charge on any atom is -0.489 e. The minimum atomic E-state index is -2.34. The molecule has 1 unspecified atom stereocenters. The van der Waals surface area contributed by atoms with E-state index < -0.39 is 39.8 Å². The fourth-order valence-corrected chi connectivity index (χ4v) is 9.44. The van der Waals surface area contributed by atoms with E-state index in [-0.39, 0.29) is 40.5 Å². The first-order valence-corrected chi connectivity index (χ1v) is 19.2. The van der Waals surface area contributed by atoms with Gasteiger partial charge in [0.15, 0.2) is 11.6 Å². The zero-order valence-corrected chi connectivity index (χ0v) is 31.2. The van der Waals surface area contributed by atoms with Crippen LogP contribution in [0.2, 0.25) is 5.02 Å². The number of pyridine rings is 1.